The van der Waals surface area contributed by atoms with Crippen molar-refractivity contribution in [3.8, 4) is 5.75 Å². The van der Waals surface area contributed by atoms with E-state index in [1.165, 1.54) is 0 Å². The summed E-state index contributed by atoms with van der Waals surface area (Å²) in [7, 11) is 0. The highest BCUT2D eigenvalue weighted by Gasteiger charge is 2.48. The molecule has 2 atom stereocenters. The molecule has 0 bridgehead atoms. The molecule has 2 rings (SSSR count). The molecule has 1 aromatic rings. The number of carboxylic acids is 1. The average Bonchev–Trinajstić information content (AvgIpc) is 3.18. The summed E-state index contributed by atoms with van der Waals surface area (Å²) in [5, 5.41) is 11.6. The Morgan fingerprint density at radius 2 is 2.05 bits per heavy atom. The molecule has 1 aromatic carbocycles. The summed E-state index contributed by atoms with van der Waals surface area (Å²) in [5.41, 5.74) is 0.592. The number of hydrogen-bond acceptors (Lipinski definition) is 3. The number of aliphatic carboxylic acids is 1. The molecule has 0 saturated heterocycles. The van der Waals surface area contributed by atoms with E-state index in [4.69, 9.17) is 9.84 Å². The summed E-state index contributed by atoms with van der Waals surface area (Å²) in [5.74, 6) is -1.13. The maximum Gasteiger partial charge on any atom is 0.307 e. The number of amides is 1. The highest BCUT2D eigenvalue weighted by molar-refractivity contribution is 5.99. The zero-order chi connectivity index (χ0) is 14.7. The number of anilines is 1. The van der Waals surface area contributed by atoms with Crippen molar-refractivity contribution in [1.29, 1.82) is 0 Å². The predicted octanol–water partition coefficient (Wildman–Crippen LogP) is 2.38. The maximum absolute atomic E-state index is 11.9. The van der Waals surface area contributed by atoms with Gasteiger partial charge in [-0.3, -0.25) is 9.59 Å². The van der Waals surface area contributed by atoms with Crippen molar-refractivity contribution < 1.29 is 19.4 Å². The van der Waals surface area contributed by atoms with Crippen molar-refractivity contribution in [3.63, 3.8) is 0 Å². The average molecular weight is 277 g/mol. The topological polar surface area (TPSA) is 75.6 Å². The molecule has 108 valence electrons. The van der Waals surface area contributed by atoms with Gasteiger partial charge in [0.15, 0.2) is 0 Å². The van der Waals surface area contributed by atoms with Gasteiger partial charge in [-0.15, -0.1) is 0 Å². The van der Waals surface area contributed by atoms with Crippen LogP contribution in [0.5, 0.6) is 5.75 Å². The zero-order valence-corrected chi connectivity index (χ0v) is 11.6. The van der Waals surface area contributed by atoms with Crippen molar-refractivity contribution in [2.24, 2.45) is 17.8 Å². The first-order valence-corrected chi connectivity index (χ1v) is 6.74. The van der Waals surface area contributed by atoms with Crippen LogP contribution in [-0.4, -0.2) is 23.6 Å². The lowest BCUT2D eigenvalue weighted by molar-refractivity contribution is -0.139. The summed E-state index contributed by atoms with van der Waals surface area (Å²) in [6, 6.07) is 7.19. The van der Waals surface area contributed by atoms with Crippen LogP contribution in [0.4, 0.5) is 5.69 Å². The lowest BCUT2D eigenvalue weighted by Crippen LogP contribution is -2.17. The number of hydrogen-bond donors (Lipinski definition) is 2. The van der Waals surface area contributed by atoms with E-state index >= 15 is 0 Å². The van der Waals surface area contributed by atoms with Gasteiger partial charge < -0.3 is 15.2 Å². The minimum Gasteiger partial charge on any atom is -0.491 e. The summed E-state index contributed by atoms with van der Waals surface area (Å²) < 4.78 is 5.64. The van der Waals surface area contributed by atoms with Gasteiger partial charge in [-0.1, -0.05) is 26.0 Å². The standard InChI is InChI=1S/C15H19NO4/c1-9(2)8-20-13-6-4-3-5-12(13)16-14(17)10-7-11(10)15(18)19/h3-6,9-11H,7-8H2,1-2H3,(H,16,17)(H,18,19). The second kappa shape index (κ2) is 5.94. The summed E-state index contributed by atoms with van der Waals surface area (Å²) in [6.45, 7) is 4.65. The summed E-state index contributed by atoms with van der Waals surface area (Å²) >= 11 is 0. The van der Waals surface area contributed by atoms with E-state index in [2.05, 4.69) is 5.32 Å². The third-order valence-electron chi connectivity index (χ3n) is 3.16. The van der Waals surface area contributed by atoms with Gasteiger partial charge in [0.2, 0.25) is 5.91 Å². The fourth-order valence-corrected chi connectivity index (χ4v) is 1.94. The van der Waals surface area contributed by atoms with Gasteiger partial charge in [0.25, 0.3) is 0 Å². The Balaban J connectivity index is 1.99. The molecule has 1 amide bonds. The molecule has 1 aliphatic carbocycles. The number of nitrogens with one attached hydrogen (secondary N) is 1. The predicted molar refractivity (Wildman–Crippen MR) is 74.6 cm³/mol. The van der Waals surface area contributed by atoms with Crippen LogP contribution in [0.3, 0.4) is 0 Å². The maximum atomic E-state index is 11.9. The summed E-state index contributed by atoms with van der Waals surface area (Å²) in [4.78, 5) is 22.7. The first-order chi connectivity index (χ1) is 9.49. The van der Waals surface area contributed by atoms with E-state index < -0.39 is 17.8 Å². The lowest BCUT2D eigenvalue weighted by atomic mass is 10.2. The molecule has 1 aliphatic rings. The van der Waals surface area contributed by atoms with Gasteiger partial charge in [-0.05, 0) is 24.5 Å². The minimum atomic E-state index is -0.908. The molecule has 0 radical (unpaired) electrons. The number of rotatable bonds is 6. The number of ether oxygens (including phenoxy) is 1. The monoisotopic (exact) mass is 277 g/mol. The molecule has 2 N–H and O–H groups in total. The Labute approximate surface area is 117 Å². The van der Waals surface area contributed by atoms with E-state index in [0.29, 0.717) is 30.4 Å². The number of benzene rings is 1. The number of carboxylic acid groups (broad SMARTS) is 1. The smallest absolute Gasteiger partial charge is 0.307 e. The highest BCUT2D eigenvalue weighted by atomic mass is 16.5. The number of carbonyl (C=O) groups excluding carboxylic acids is 1. The first-order valence-electron chi connectivity index (χ1n) is 6.74. The second-order valence-corrected chi connectivity index (χ2v) is 5.48. The third-order valence-corrected chi connectivity index (χ3v) is 3.16. The van der Waals surface area contributed by atoms with Gasteiger partial charge in [0, 0.05) is 0 Å². The molecule has 5 heteroatoms. The molecule has 0 aromatic heterocycles. The van der Waals surface area contributed by atoms with Crippen molar-refractivity contribution in [1.82, 2.24) is 0 Å². The Morgan fingerprint density at radius 1 is 1.35 bits per heavy atom. The molecule has 2 unspecified atom stereocenters. The molecular weight excluding hydrogens is 258 g/mol. The second-order valence-electron chi connectivity index (χ2n) is 5.48. The van der Waals surface area contributed by atoms with Crippen molar-refractivity contribution in [3.05, 3.63) is 24.3 Å². The van der Waals surface area contributed by atoms with Crippen LogP contribution < -0.4 is 10.1 Å². The molecule has 0 heterocycles. The van der Waals surface area contributed by atoms with E-state index in [1.807, 2.05) is 19.9 Å². The molecule has 1 fully saturated rings. The largest absolute Gasteiger partial charge is 0.491 e. The van der Waals surface area contributed by atoms with Crippen LogP contribution in [-0.2, 0) is 9.59 Å². The zero-order valence-electron chi connectivity index (χ0n) is 11.6. The van der Waals surface area contributed by atoms with Crippen LogP contribution in [0.2, 0.25) is 0 Å². The third kappa shape index (κ3) is 3.50. The lowest BCUT2D eigenvalue weighted by Gasteiger charge is -2.13. The quantitative estimate of drug-likeness (QED) is 0.837. The van der Waals surface area contributed by atoms with Crippen LogP contribution >= 0.6 is 0 Å². The molecule has 0 aliphatic heterocycles. The molecular formula is C15H19NO4. The number of carbonyl (C=O) groups is 2. The molecule has 0 spiro atoms. The van der Waals surface area contributed by atoms with E-state index in [1.54, 1.807) is 18.2 Å². The van der Waals surface area contributed by atoms with E-state index in [0.717, 1.165) is 0 Å². The van der Waals surface area contributed by atoms with Gasteiger partial charge >= 0.3 is 5.97 Å². The van der Waals surface area contributed by atoms with Gasteiger partial charge in [0.05, 0.1) is 24.1 Å². The fourth-order valence-electron chi connectivity index (χ4n) is 1.94. The minimum absolute atomic E-state index is 0.252. The first kappa shape index (κ1) is 14.4. The van der Waals surface area contributed by atoms with Crippen LogP contribution in [0.15, 0.2) is 24.3 Å². The Morgan fingerprint density at radius 3 is 2.65 bits per heavy atom. The SMILES string of the molecule is CC(C)COc1ccccc1NC(=O)C1CC1C(=O)O. The molecule has 1 saturated carbocycles. The van der Waals surface area contributed by atoms with E-state index in [9.17, 15) is 9.59 Å². The van der Waals surface area contributed by atoms with Crippen molar-refractivity contribution in [2.75, 3.05) is 11.9 Å². The van der Waals surface area contributed by atoms with Gasteiger partial charge in [-0.25, -0.2) is 0 Å². The molecule has 20 heavy (non-hydrogen) atoms. The Bertz CT molecular complexity index is 512. The fraction of sp³-hybridized carbons (Fsp3) is 0.467. The van der Waals surface area contributed by atoms with Crippen LogP contribution in [0, 0.1) is 17.8 Å². The Kier molecular flexibility index (Phi) is 4.27. The van der Waals surface area contributed by atoms with Crippen LogP contribution in [0.25, 0.3) is 0 Å². The van der Waals surface area contributed by atoms with Gasteiger partial charge in [-0.2, -0.15) is 0 Å². The normalized spacial score (nSPS) is 20.6. The summed E-state index contributed by atoms with van der Waals surface area (Å²) in [6.07, 6.45) is 0.413. The van der Waals surface area contributed by atoms with Crippen molar-refractivity contribution >= 4 is 17.6 Å². The number of para-hydroxylation sites is 2. The van der Waals surface area contributed by atoms with Crippen LogP contribution in [0.1, 0.15) is 20.3 Å². The molecule has 5 nitrogen and oxygen atoms in total. The van der Waals surface area contributed by atoms with Crippen molar-refractivity contribution in [2.45, 2.75) is 20.3 Å². The Hall–Kier alpha value is -2.04. The van der Waals surface area contributed by atoms with Gasteiger partial charge in [0.1, 0.15) is 5.75 Å². The highest BCUT2D eigenvalue weighted by Crippen LogP contribution is 2.40. The van der Waals surface area contributed by atoms with E-state index in [-0.39, 0.29) is 5.91 Å².